The zero-order valence-corrected chi connectivity index (χ0v) is 10.5. The molecular formula is C12H17N3O4. The van der Waals surface area contributed by atoms with Crippen LogP contribution in [0.2, 0.25) is 0 Å². The summed E-state index contributed by atoms with van der Waals surface area (Å²) in [6.45, 7) is 0.507. The third-order valence-corrected chi connectivity index (χ3v) is 2.51. The minimum Gasteiger partial charge on any atom is -0.481 e. The van der Waals surface area contributed by atoms with Gasteiger partial charge in [-0.25, -0.2) is 4.98 Å². The zero-order valence-electron chi connectivity index (χ0n) is 10.5. The first-order valence-electron chi connectivity index (χ1n) is 6.14. The molecule has 0 unspecified atom stereocenters. The number of nitrogens with one attached hydrogen (secondary N) is 2. The average Bonchev–Trinajstić information content (AvgIpc) is 2.38. The van der Waals surface area contributed by atoms with Gasteiger partial charge >= 0.3 is 5.97 Å². The van der Waals surface area contributed by atoms with Crippen molar-refractivity contribution in [2.75, 3.05) is 6.54 Å². The normalized spacial score (nSPS) is 10.1. The molecule has 1 heterocycles. The van der Waals surface area contributed by atoms with Gasteiger partial charge < -0.3 is 15.4 Å². The van der Waals surface area contributed by atoms with Gasteiger partial charge in [0.15, 0.2) is 0 Å². The lowest BCUT2D eigenvalue weighted by Gasteiger charge is -2.04. The maximum atomic E-state index is 11.6. The molecule has 0 saturated heterocycles. The molecule has 0 saturated carbocycles. The van der Waals surface area contributed by atoms with Gasteiger partial charge in [0, 0.05) is 19.2 Å². The van der Waals surface area contributed by atoms with Crippen molar-refractivity contribution < 1.29 is 14.7 Å². The topological polar surface area (TPSA) is 112 Å². The van der Waals surface area contributed by atoms with E-state index < -0.39 is 5.97 Å². The number of aromatic nitrogens is 2. The van der Waals surface area contributed by atoms with Crippen LogP contribution < -0.4 is 10.9 Å². The second-order valence-electron chi connectivity index (χ2n) is 4.11. The molecule has 0 bridgehead atoms. The molecule has 0 aliphatic carbocycles. The zero-order chi connectivity index (χ0) is 14.1. The van der Waals surface area contributed by atoms with E-state index in [1.807, 2.05) is 0 Å². The van der Waals surface area contributed by atoms with E-state index in [9.17, 15) is 14.4 Å². The Bertz CT molecular complexity index is 464. The van der Waals surface area contributed by atoms with Crippen molar-refractivity contribution in [2.24, 2.45) is 0 Å². The van der Waals surface area contributed by atoms with Crippen LogP contribution in [0.15, 0.2) is 17.2 Å². The van der Waals surface area contributed by atoms with Crippen LogP contribution in [0.25, 0.3) is 0 Å². The van der Waals surface area contributed by atoms with Gasteiger partial charge in [0.25, 0.3) is 11.5 Å². The molecule has 0 atom stereocenters. The number of carboxylic acids is 1. The third kappa shape index (κ3) is 6.35. The van der Waals surface area contributed by atoms with E-state index in [1.54, 1.807) is 0 Å². The molecule has 0 radical (unpaired) electrons. The van der Waals surface area contributed by atoms with Gasteiger partial charge in [-0.3, -0.25) is 14.4 Å². The van der Waals surface area contributed by atoms with Gasteiger partial charge in [0.05, 0.1) is 6.20 Å². The van der Waals surface area contributed by atoms with Crippen molar-refractivity contribution in [2.45, 2.75) is 32.1 Å². The van der Waals surface area contributed by atoms with E-state index in [4.69, 9.17) is 5.11 Å². The van der Waals surface area contributed by atoms with Crippen molar-refractivity contribution in [1.29, 1.82) is 0 Å². The molecular weight excluding hydrogens is 250 g/mol. The number of unbranched alkanes of at least 4 members (excludes halogenated alkanes) is 3. The van der Waals surface area contributed by atoms with Crippen LogP contribution >= 0.6 is 0 Å². The number of nitrogens with zero attached hydrogens (tertiary/aromatic N) is 1. The fourth-order valence-electron chi connectivity index (χ4n) is 1.51. The molecule has 1 aromatic rings. The molecule has 0 aromatic carbocycles. The average molecular weight is 267 g/mol. The number of hydrogen-bond donors (Lipinski definition) is 3. The molecule has 0 spiro atoms. The molecule has 104 valence electrons. The highest BCUT2D eigenvalue weighted by molar-refractivity contribution is 5.91. The van der Waals surface area contributed by atoms with E-state index in [0.717, 1.165) is 25.5 Å². The third-order valence-electron chi connectivity index (χ3n) is 2.51. The number of carboxylic acid groups (broad SMARTS) is 1. The molecule has 1 aromatic heterocycles. The summed E-state index contributed by atoms with van der Waals surface area (Å²) in [6.07, 6.45) is 5.66. The summed E-state index contributed by atoms with van der Waals surface area (Å²) >= 11 is 0. The number of amides is 1. The minimum atomic E-state index is -0.780. The Labute approximate surface area is 110 Å². The Morgan fingerprint density at radius 2 is 2.00 bits per heavy atom. The van der Waals surface area contributed by atoms with Crippen molar-refractivity contribution in [3.05, 3.63) is 28.4 Å². The fraction of sp³-hybridized carbons (Fsp3) is 0.500. The van der Waals surface area contributed by atoms with E-state index in [1.165, 1.54) is 6.20 Å². The van der Waals surface area contributed by atoms with E-state index in [-0.39, 0.29) is 23.6 Å². The number of carbonyl (C=O) groups is 2. The first-order valence-corrected chi connectivity index (χ1v) is 6.14. The highest BCUT2D eigenvalue weighted by Crippen LogP contribution is 2.02. The monoisotopic (exact) mass is 267 g/mol. The maximum absolute atomic E-state index is 11.6. The lowest BCUT2D eigenvalue weighted by molar-refractivity contribution is -0.137. The maximum Gasteiger partial charge on any atom is 0.303 e. The molecule has 0 aliphatic rings. The highest BCUT2D eigenvalue weighted by Gasteiger charge is 2.05. The van der Waals surface area contributed by atoms with Crippen LogP contribution in [0.1, 0.15) is 42.6 Å². The Balaban J connectivity index is 2.12. The number of hydrogen-bond acceptors (Lipinski definition) is 4. The summed E-state index contributed by atoms with van der Waals surface area (Å²) in [4.78, 5) is 38.7. The predicted octanol–water partition coefficient (Wildman–Crippen LogP) is 0.535. The molecule has 1 rings (SSSR count). The largest absolute Gasteiger partial charge is 0.481 e. The summed E-state index contributed by atoms with van der Waals surface area (Å²) in [7, 11) is 0. The van der Waals surface area contributed by atoms with Crippen molar-refractivity contribution in [3.8, 4) is 0 Å². The number of H-pyrrole nitrogens is 1. The Morgan fingerprint density at radius 3 is 2.63 bits per heavy atom. The number of aromatic amines is 1. The van der Waals surface area contributed by atoms with E-state index in [2.05, 4.69) is 15.3 Å². The summed E-state index contributed by atoms with van der Waals surface area (Å²) < 4.78 is 0. The molecule has 1 amide bonds. The lowest BCUT2D eigenvalue weighted by Crippen LogP contribution is -2.26. The second-order valence-corrected chi connectivity index (χ2v) is 4.11. The SMILES string of the molecule is O=C(O)CCCCCCNC(=O)c1c[nH]c(=O)cn1. The summed E-state index contributed by atoms with van der Waals surface area (Å²) in [5, 5.41) is 11.1. The molecule has 19 heavy (non-hydrogen) atoms. The van der Waals surface area contributed by atoms with Crippen molar-refractivity contribution in [1.82, 2.24) is 15.3 Å². The molecule has 0 fully saturated rings. The van der Waals surface area contributed by atoms with E-state index >= 15 is 0 Å². The Kier molecular flexibility index (Phi) is 6.28. The van der Waals surface area contributed by atoms with Gasteiger partial charge in [-0.15, -0.1) is 0 Å². The van der Waals surface area contributed by atoms with Gasteiger partial charge in [0.1, 0.15) is 5.69 Å². The quantitative estimate of drug-likeness (QED) is 0.595. The summed E-state index contributed by atoms with van der Waals surface area (Å²) in [6, 6.07) is 0. The van der Waals surface area contributed by atoms with Crippen LogP contribution in [0, 0.1) is 0 Å². The Morgan fingerprint density at radius 1 is 1.26 bits per heavy atom. The van der Waals surface area contributed by atoms with E-state index in [0.29, 0.717) is 13.0 Å². The second kappa shape index (κ2) is 8.02. The summed E-state index contributed by atoms with van der Waals surface area (Å²) in [5.41, 5.74) is -0.180. The van der Waals surface area contributed by atoms with Gasteiger partial charge in [-0.1, -0.05) is 12.8 Å². The molecule has 3 N–H and O–H groups in total. The smallest absolute Gasteiger partial charge is 0.303 e. The van der Waals surface area contributed by atoms with Crippen molar-refractivity contribution >= 4 is 11.9 Å². The van der Waals surface area contributed by atoms with Gasteiger partial charge in [0.2, 0.25) is 0 Å². The first-order chi connectivity index (χ1) is 9.09. The van der Waals surface area contributed by atoms with Crippen LogP contribution in [0.5, 0.6) is 0 Å². The standard InChI is InChI=1S/C12H17N3O4/c16-10-8-14-9(7-15-10)12(19)13-6-4-2-1-3-5-11(17)18/h7-8H,1-6H2,(H,13,19)(H,15,16)(H,17,18). The molecule has 0 aliphatic heterocycles. The first kappa shape index (κ1) is 14.9. The Hall–Kier alpha value is -2.18. The fourth-order valence-corrected chi connectivity index (χ4v) is 1.51. The van der Waals surface area contributed by atoms with Crippen LogP contribution in [0.3, 0.4) is 0 Å². The summed E-state index contributed by atoms with van der Waals surface area (Å²) in [5.74, 6) is -1.11. The molecule has 7 heteroatoms. The van der Waals surface area contributed by atoms with Crippen LogP contribution in [-0.4, -0.2) is 33.5 Å². The minimum absolute atomic E-state index is 0.172. The molecule has 7 nitrogen and oxygen atoms in total. The van der Waals surface area contributed by atoms with Gasteiger partial charge in [-0.05, 0) is 12.8 Å². The van der Waals surface area contributed by atoms with Crippen LogP contribution in [-0.2, 0) is 4.79 Å². The number of rotatable bonds is 8. The van der Waals surface area contributed by atoms with Crippen LogP contribution in [0.4, 0.5) is 0 Å². The van der Waals surface area contributed by atoms with Crippen molar-refractivity contribution in [3.63, 3.8) is 0 Å². The highest BCUT2D eigenvalue weighted by atomic mass is 16.4. The number of carbonyl (C=O) groups excluding carboxylic acids is 1. The predicted molar refractivity (Wildman–Crippen MR) is 67.9 cm³/mol. The lowest BCUT2D eigenvalue weighted by atomic mass is 10.1. The number of aliphatic carboxylic acids is 1. The van der Waals surface area contributed by atoms with Gasteiger partial charge in [-0.2, -0.15) is 0 Å².